The lowest BCUT2D eigenvalue weighted by molar-refractivity contribution is -0.152. The minimum absolute atomic E-state index is 0.0259. The van der Waals surface area contributed by atoms with Gasteiger partial charge in [-0.25, -0.2) is 8.42 Å². The van der Waals surface area contributed by atoms with Crippen LogP contribution in [0.2, 0.25) is 0 Å². The van der Waals surface area contributed by atoms with E-state index in [9.17, 15) is 18.3 Å². The number of carbonyl (C=O) groups excluding carboxylic acids is 1. The Bertz CT molecular complexity index is 1120. The Labute approximate surface area is 201 Å². The number of carbonyl (C=O) groups is 1. The van der Waals surface area contributed by atoms with E-state index in [0.29, 0.717) is 35.5 Å². The maximum atomic E-state index is 13.2. The Balaban J connectivity index is 1.17. The van der Waals surface area contributed by atoms with Gasteiger partial charge in [-0.1, -0.05) is 30.3 Å². The Morgan fingerprint density at radius 3 is 2.29 bits per heavy atom. The van der Waals surface area contributed by atoms with Crippen molar-refractivity contribution in [2.24, 2.45) is 17.8 Å². The number of aryl methyl sites for hydroxylation is 1. The molecule has 0 aliphatic heterocycles. The van der Waals surface area contributed by atoms with E-state index in [4.69, 9.17) is 4.74 Å². The molecule has 4 saturated carbocycles. The fourth-order valence-electron chi connectivity index (χ4n) is 6.75. The largest absolute Gasteiger partial charge is 0.478 e. The van der Waals surface area contributed by atoms with Crippen LogP contribution in [0.15, 0.2) is 54.6 Å². The lowest BCUT2D eigenvalue weighted by Gasteiger charge is -2.59. The molecule has 0 heterocycles. The zero-order valence-corrected chi connectivity index (χ0v) is 20.4. The lowest BCUT2D eigenvalue weighted by atomic mass is 9.52. The van der Waals surface area contributed by atoms with Gasteiger partial charge < -0.3 is 14.7 Å². The summed E-state index contributed by atoms with van der Waals surface area (Å²) in [6, 6.07) is 16.4. The fourth-order valence-corrected chi connectivity index (χ4v) is 7.73. The number of ether oxygens (including phenoxy) is 1. The first-order valence-electron chi connectivity index (χ1n) is 12.2. The maximum absolute atomic E-state index is 13.2. The van der Waals surface area contributed by atoms with E-state index in [1.165, 1.54) is 0 Å². The molecular weight excluding hydrogens is 450 g/mol. The summed E-state index contributed by atoms with van der Waals surface area (Å²) in [6.45, 7) is 0. The molecule has 1 N–H and O–H groups in total. The molecule has 0 spiro atoms. The zero-order valence-electron chi connectivity index (χ0n) is 19.6. The highest BCUT2D eigenvalue weighted by Gasteiger charge is 2.56. The maximum Gasteiger partial charge on any atom is 0.253 e. The molecule has 182 valence electrons. The smallest absolute Gasteiger partial charge is 0.253 e. The molecular formula is C27H33NO5S. The molecule has 4 bridgehead atoms. The van der Waals surface area contributed by atoms with Crippen molar-refractivity contribution in [1.82, 2.24) is 4.90 Å². The van der Waals surface area contributed by atoms with Crippen molar-refractivity contribution in [1.29, 1.82) is 0 Å². The van der Waals surface area contributed by atoms with Gasteiger partial charge in [0.2, 0.25) is 0 Å². The number of rotatable bonds is 8. The average molecular weight is 484 g/mol. The fraction of sp³-hybridized carbons (Fsp3) is 0.519. The van der Waals surface area contributed by atoms with Gasteiger partial charge in [0.25, 0.3) is 5.91 Å². The molecule has 0 saturated heterocycles. The van der Waals surface area contributed by atoms with Crippen LogP contribution < -0.4 is 4.74 Å². The SMILES string of the molecule is CN(C(=O)c1ccc(OCS(=O)(=O)CCc2ccccc2)cc1)C1C2CC3CC1CC(O)(C3)C2. The summed E-state index contributed by atoms with van der Waals surface area (Å²) in [6.07, 6.45) is 5.18. The molecule has 4 fully saturated rings. The number of nitrogens with zero attached hydrogens (tertiary/aromatic N) is 1. The second-order valence-electron chi connectivity index (χ2n) is 10.6. The number of amides is 1. The third-order valence-electron chi connectivity index (χ3n) is 8.01. The second-order valence-corrected chi connectivity index (χ2v) is 12.7. The van der Waals surface area contributed by atoms with Gasteiger partial charge in [0.15, 0.2) is 15.8 Å². The standard InChI is InChI=1S/C27H33NO5S/c1-28(25-22-13-20-14-23(25)17-27(30,15-20)16-22)26(29)21-7-9-24(10-8-21)33-18-34(31,32)12-11-19-5-3-2-4-6-19/h2-10,20,22-23,25,30H,11-18H2,1H3. The first kappa shape index (κ1) is 23.4. The van der Waals surface area contributed by atoms with Crippen molar-refractivity contribution in [3.8, 4) is 5.75 Å². The van der Waals surface area contributed by atoms with E-state index in [1.807, 2.05) is 42.3 Å². The molecule has 0 aromatic heterocycles. The van der Waals surface area contributed by atoms with Crippen LogP contribution in [0.25, 0.3) is 0 Å². The summed E-state index contributed by atoms with van der Waals surface area (Å²) in [5.74, 6) is 1.37. The predicted molar refractivity (Wildman–Crippen MR) is 130 cm³/mol. The molecule has 4 aliphatic carbocycles. The van der Waals surface area contributed by atoms with Gasteiger partial charge in [-0.2, -0.15) is 0 Å². The first-order chi connectivity index (χ1) is 16.2. The Morgan fingerprint density at radius 1 is 1.03 bits per heavy atom. The van der Waals surface area contributed by atoms with E-state index < -0.39 is 15.4 Å². The van der Waals surface area contributed by atoms with E-state index >= 15 is 0 Å². The molecule has 2 aromatic rings. The van der Waals surface area contributed by atoms with Crippen LogP contribution in [0.3, 0.4) is 0 Å². The van der Waals surface area contributed by atoms with Crippen molar-refractivity contribution < 1.29 is 23.1 Å². The summed E-state index contributed by atoms with van der Waals surface area (Å²) in [5, 5.41) is 10.8. The van der Waals surface area contributed by atoms with Crippen LogP contribution in [0.1, 0.15) is 48.0 Å². The van der Waals surface area contributed by atoms with Gasteiger partial charge in [-0.05, 0) is 86.1 Å². The minimum Gasteiger partial charge on any atom is -0.478 e. The van der Waals surface area contributed by atoms with Crippen LogP contribution >= 0.6 is 0 Å². The van der Waals surface area contributed by atoms with Crippen molar-refractivity contribution in [2.45, 2.75) is 50.2 Å². The molecule has 2 atom stereocenters. The molecule has 6 nitrogen and oxygen atoms in total. The lowest BCUT2D eigenvalue weighted by Crippen LogP contribution is -2.61. The van der Waals surface area contributed by atoms with Crippen molar-refractivity contribution in [3.05, 3.63) is 65.7 Å². The van der Waals surface area contributed by atoms with Gasteiger partial charge in [-0.3, -0.25) is 4.79 Å². The topological polar surface area (TPSA) is 83.9 Å². The highest BCUT2D eigenvalue weighted by atomic mass is 32.2. The Morgan fingerprint density at radius 2 is 1.68 bits per heavy atom. The molecule has 4 aliphatic rings. The van der Waals surface area contributed by atoms with E-state index in [1.54, 1.807) is 24.3 Å². The predicted octanol–water partition coefficient (Wildman–Crippen LogP) is 3.69. The van der Waals surface area contributed by atoms with E-state index in [2.05, 4.69) is 0 Å². The minimum atomic E-state index is -3.37. The monoisotopic (exact) mass is 483 g/mol. The van der Waals surface area contributed by atoms with Crippen LogP contribution in [-0.2, 0) is 16.3 Å². The number of hydrogen-bond acceptors (Lipinski definition) is 5. The van der Waals surface area contributed by atoms with Crippen LogP contribution in [0, 0.1) is 17.8 Å². The third-order valence-corrected chi connectivity index (χ3v) is 9.31. The van der Waals surface area contributed by atoms with Crippen molar-refractivity contribution >= 4 is 15.7 Å². The van der Waals surface area contributed by atoms with Crippen LogP contribution in [0.5, 0.6) is 5.75 Å². The van der Waals surface area contributed by atoms with Crippen LogP contribution in [0.4, 0.5) is 0 Å². The van der Waals surface area contributed by atoms with Gasteiger partial charge >= 0.3 is 0 Å². The third kappa shape index (κ3) is 4.86. The van der Waals surface area contributed by atoms with Gasteiger partial charge in [0.1, 0.15) is 5.75 Å². The summed E-state index contributed by atoms with van der Waals surface area (Å²) >= 11 is 0. The van der Waals surface area contributed by atoms with E-state index in [-0.39, 0.29) is 23.6 Å². The Kier molecular flexibility index (Phi) is 6.19. The summed E-state index contributed by atoms with van der Waals surface area (Å²) in [5.41, 5.74) is 1.03. The summed E-state index contributed by atoms with van der Waals surface area (Å²) in [4.78, 5) is 15.1. The number of hydrogen-bond donors (Lipinski definition) is 1. The normalized spacial score (nSPS) is 29.7. The van der Waals surface area contributed by atoms with Gasteiger partial charge in [0, 0.05) is 18.7 Å². The highest BCUT2D eigenvalue weighted by Crippen LogP contribution is 2.56. The highest BCUT2D eigenvalue weighted by molar-refractivity contribution is 7.91. The quantitative estimate of drug-likeness (QED) is 0.619. The first-order valence-corrected chi connectivity index (χ1v) is 14.0. The van der Waals surface area contributed by atoms with Gasteiger partial charge in [-0.15, -0.1) is 0 Å². The van der Waals surface area contributed by atoms with Crippen molar-refractivity contribution in [3.63, 3.8) is 0 Å². The average Bonchev–Trinajstić information content (AvgIpc) is 2.81. The molecule has 34 heavy (non-hydrogen) atoms. The zero-order chi connectivity index (χ0) is 23.9. The van der Waals surface area contributed by atoms with E-state index in [0.717, 1.165) is 37.7 Å². The Hall–Kier alpha value is -2.38. The molecule has 1 amide bonds. The molecule has 2 aromatic carbocycles. The van der Waals surface area contributed by atoms with Crippen molar-refractivity contribution in [2.75, 3.05) is 18.7 Å². The van der Waals surface area contributed by atoms with Crippen LogP contribution in [-0.4, -0.2) is 54.7 Å². The summed E-state index contributed by atoms with van der Waals surface area (Å²) in [7, 11) is -1.49. The number of aliphatic hydroxyl groups is 1. The number of benzene rings is 2. The molecule has 0 radical (unpaired) electrons. The number of sulfone groups is 1. The molecule has 6 rings (SSSR count). The molecule has 2 unspecified atom stereocenters. The molecule has 7 heteroatoms. The summed E-state index contributed by atoms with van der Waals surface area (Å²) < 4.78 is 30.2. The second kappa shape index (κ2) is 9.00. The van der Waals surface area contributed by atoms with Gasteiger partial charge in [0.05, 0.1) is 11.4 Å².